The van der Waals surface area contributed by atoms with Gasteiger partial charge in [0.2, 0.25) is 6.29 Å². The van der Waals surface area contributed by atoms with Gasteiger partial charge >= 0.3 is 0 Å². The molecule has 0 spiro atoms. The third-order valence-electron chi connectivity index (χ3n) is 5.30. The molecule has 1 saturated heterocycles. The normalized spacial score (nSPS) is 31.0. The Morgan fingerprint density at radius 1 is 1.00 bits per heavy atom. The van der Waals surface area contributed by atoms with Crippen molar-refractivity contribution in [1.82, 2.24) is 0 Å². The van der Waals surface area contributed by atoms with E-state index in [1.807, 2.05) is 0 Å². The Labute approximate surface area is 171 Å². The first-order chi connectivity index (χ1) is 14.2. The number of phenolic OH excluding ortho intramolecular Hbond substituents is 2. The van der Waals surface area contributed by atoms with Gasteiger partial charge in [-0.1, -0.05) is 12.1 Å². The Morgan fingerprint density at radius 2 is 1.70 bits per heavy atom. The number of Topliss-reactive ketones (excluding diaryl/α,β-unsaturated/α-hetero) is 1. The van der Waals surface area contributed by atoms with Crippen molar-refractivity contribution in [1.29, 1.82) is 0 Å². The molecule has 2 aliphatic rings. The van der Waals surface area contributed by atoms with Gasteiger partial charge in [0.05, 0.1) is 12.5 Å². The third-order valence-corrected chi connectivity index (χ3v) is 5.30. The number of benzene rings is 2. The minimum atomic E-state index is -1.42. The highest BCUT2D eigenvalue weighted by atomic mass is 16.7. The summed E-state index contributed by atoms with van der Waals surface area (Å²) in [7, 11) is 0. The van der Waals surface area contributed by atoms with E-state index < -0.39 is 36.8 Å². The lowest BCUT2D eigenvalue weighted by molar-refractivity contribution is -0.268. The van der Waals surface area contributed by atoms with E-state index in [0.29, 0.717) is 11.3 Å². The van der Waals surface area contributed by atoms with Gasteiger partial charge in [-0.3, -0.25) is 4.79 Å². The molecule has 30 heavy (non-hydrogen) atoms. The van der Waals surface area contributed by atoms with Crippen LogP contribution in [0.25, 0.3) is 0 Å². The topological polar surface area (TPSA) is 146 Å². The second kappa shape index (κ2) is 7.77. The predicted molar refractivity (Wildman–Crippen MR) is 102 cm³/mol. The maximum absolute atomic E-state index is 12.4. The fourth-order valence-electron chi connectivity index (χ4n) is 3.62. The molecule has 2 aromatic rings. The summed E-state index contributed by atoms with van der Waals surface area (Å²) in [6.45, 7) is 1.56. The van der Waals surface area contributed by atoms with E-state index in [0.717, 1.165) is 6.07 Å². The molecule has 9 heteroatoms. The van der Waals surface area contributed by atoms with E-state index in [1.165, 1.54) is 6.07 Å². The molecular weight excluding hydrogens is 396 g/mol. The lowest BCUT2D eigenvalue weighted by Crippen LogP contribution is -2.58. The van der Waals surface area contributed by atoms with Crippen LogP contribution in [0.4, 0.5) is 0 Å². The fourth-order valence-corrected chi connectivity index (χ4v) is 3.62. The Balaban J connectivity index is 1.48. The quantitative estimate of drug-likeness (QED) is 0.493. The molecule has 5 N–H and O–H groups in total. The number of aliphatic hydroxyl groups is 3. The van der Waals surface area contributed by atoms with Crippen LogP contribution in [-0.2, 0) is 4.74 Å². The molecule has 0 aromatic heterocycles. The van der Waals surface area contributed by atoms with Crippen molar-refractivity contribution in [3.05, 3.63) is 47.5 Å². The highest BCUT2D eigenvalue weighted by molar-refractivity contribution is 6.02. The predicted octanol–water partition coefficient (Wildman–Crippen LogP) is 1.01. The van der Waals surface area contributed by atoms with Gasteiger partial charge in [-0.25, -0.2) is 0 Å². The molecule has 6 atom stereocenters. The number of rotatable bonds is 3. The van der Waals surface area contributed by atoms with Crippen molar-refractivity contribution < 1.29 is 44.5 Å². The second-order valence-corrected chi connectivity index (χ2v) is 7.44. The molecule has 9 nitrogen and oxygen atoms in total. The van der Waals surface area contributed by atoms with Gasteiger partial charge in [0, 0.05) is 12.1 Å². The minimum absolute atomic E-state index is 0.0115. The van der Waals surface area contributed by atoms with Crippen molar-refractivity contribution in [3.8, 4) is 23.0 Å². The fraction of sp³-hybridized carbons (Fsp3) is 0.381. The summed E-state index contributed by atoms with van der Waals surface area (Å²) in [5, 5.41) is 49.2. The molecule has 2 aliphatic heterocycles. The average molecular weight is 418 g/mol. The van der Waals surface area contributed by atoms with Gasteiger partial charge in [0.25, 0.3) is 0 Å². The smallest absolute Gasteiger partial charge is 0.229 e. The van der Waals surface area contributed by atoms with Crippen LogP contribution in [0.5, 0.6) is 23.0 Å². The number of aromatic hydroxyl groups is 2. The summed E-state index contributed by atoms with van der Waals surface area (Å²) in [6.07, 6.45) is -6.52. The molecular formula is C21H22O9. The number of carbonyl (C=O) groups is 1. The SMILES string of the molecule is C[C@@H]1O[C@@H](Oc2ccc(C3CC(=O)c4c(O)cc(O)cc4O3)cc2)[C@H](O)[C@H](O)[C@H]1O. The number of fused-ring (bicyclic) bond motifs is 1. The van der Waals surface area contributed by atoms with E-state index in [9.17, 15) is 30.3 Å². The number of aliphatic hydroxyl groups excluding tert-OH is 3. The largest absolute Gasteiger partial charge is 0.508 e. The number of carbonyl (C=O) groups excluding carboxylic acids is 1. The highest BCUT2D eigenvalue weighted by Crippen LogP contribution is 2.41. The maximum atomic E-state index is 12.4. The van der Waals surface area contributed by atoms with Crippen LogP contribution in [0.3, 0.4) is 0 Å². The standard InChI is InChI=1S/C21H22O9/c1-9-18(25)19(26)20(27)21(28-9)29-12-4-2-10(3-5-12)15-8-14(24)17-13(23)6-11(22)7-16(17)30-15/h2-7,9,15,18-23,25-27H,8H2,1H3/t9-,15?,18-,19+,20+,21-/m0/s1. The first kappa shape index (κ1) is 20.4. The molecule has 4 rings (SSSR count). The van der Waals surface area contributed by atoms with Crippen LogP contribution >= 0.6 is 0 Å². The summed E-state index contributed by atoms with van der Waals surface area (Å²) < 4.78 is 16.8. The molecule has 0 aliphatic carbocycles. The van der Waals surface area contributed by atoms with Gasteiger partial charge in [0.1, 0.15) is 53.0 Å². The van der Waals surface area contributed by atoms with E-state index in [4.69, 9.17) is 14.2 Å². The Bertz CT molecular complexity index is 942. The van der Waals surface area contributed by atoms with E-state index >= 15 is 0 Å². The minimum Gasteiger partial charge on any atom is -0.508 e. The number of ether oxygens (including phenoxy) is 3. The molecule has 0 radical (unpaired) electrons. The second-order valence-electron chi connectivity index (χ2n) is 7.44. The van der Waals surface area contributed by atoms with E-state index in [1.54, 1.807) is 31.2 Å². The van der Waals surface area contributed by atoms with Crippen molar-refractivity contribution >= 4 is 5.78 Å². The first-order valence-corrected chi connectivity index (χ1v) is 9.46. The van der Waals surface area contributed by atoms with Crippen LogP contribution < -0.4 is 9.47 Å². The summed E-state index contributed by atoms with van der Waals surface area (Å²) in [4.78, 5) is 12.4. The van der Waals surface area contributed by atoms with E-state index in [-0.39, 0.29) is 35.0 Å². The summed E-state index contributed by atoms with van der Waals surface area (Å²) >= 11 is 0. The van der Waals surface area contributed by atoms with Crippen LogP contribution in [0.15, 0.2) is 36.4 Å². The molecule has 2 aromatic carbocycles. The molecule has 1 unspecified atom stereocenters. The third kappa shape index (κ3) is 3.68. The Morgan fingerprint density at radius 3 is 2.40 bits per heavy atom. The lowest BCUT2D eigenvalue weighted by Gasteiger charge is -2.38. The molecule has 2 heterocycles. The van der Waals surface area contributed by atoms with Crippen LogP contribution in [0.1, 0.15) is 35.4 Å². The van der Waals surface area contributed by atoms with Crippen LogP contribution in [0.2, 0.25) is 0 Å². The zero-order valence-corrected chi connectivity index (χ0v) is 16.0. The van der Waals surface area contributed by atoms with Crippen molar-refractivity contribution in [2.75, 3.05) is 0 Å². The Kier molecular flexibility index (Phi) is 5.29. The zero-order chi connectivity index (χ0) is 21.6. The number of phenols is 2. The van der Waals surface area contributed by atoms with Crippen molar-refractivity contribution in [3.63, 3.8) is 0 Å². The maximum Gasteiger partial charge on any atom is 0.229 e. The monoisotopic (exact) mass is 418 g/mol. The summed E-state index contributed by atoms with van der Waals surface area (Å²) in [5.41, 5.74) is 0.709. The first-order valence-electron chi connectivity index (χ1n) is 9.46. The van der Waals surface area contributed by atoms with Gasteiger partial charge in [0.15, 0.2) is 5.78 Å². The van der Waals surface area contributed by atoms with Gasteiger partial charge in [-0.15, -0.1) is 0 Å². The van der Waals surface area contributed by atoms with Gasteiger partial charge in [-0.2, -0.15) is 0 Å². The summed E-state index contributed by atoms with van der Waals surface area (Å²) in [5.74, 6) is -0.397. The number of hydrogen-bond donors (Lipinski definition) is 5. The molecule has 1 fully saturated rings. The summed E-state index contributed by atoms with van der Waals surface area (Å²) in [6, 6.07) is 8.90. The van der Waals surface area contributed by atoms with Crippen LogP contribution in [0, 0.1) is 0 Å². The van der Waals surface area contributed by atoms with E-state index in [2.05, 4.69) is 0 Å². The molecule has 0 saturated carbocycles. The Hall–Kier alpha value is -2.85. The lowest BCUT2D eigenvalue weighted by atomic mass is 9.95. The van der Waals surface area contributed by atoms with Gasteiger partial charge < -0.3 is 39.7 Å². The van der Waals surface area contributed by atoms with Crippen molar-refractivity contribution in [2.45, 2.75) is 50.2 Å². The molecule has 160 valence electrons. The molecule has 0 bridgehead atoms. The van der Waals surface area contributed by atoms with Crippen LogP contribution in [-0.4, -0.2) is 62.0 Å². The molecule has 0 amide bonds. The number of hydrogen-bond acceptors (Lipinski definition) is 9. The highest BCUT2D eigenvalue weighted by Gasteiger charge is 2.43. The number of ketones is 1. The van der Waals surface area contributed by atoms with Crippen molar-refractivity contribution in [2.24, 2.45) is 0 Å². The average Bonchev–Trinajstić information content (AvgIpc) is 2.70. The zero-order valence-electron chi connectivity index (χ0n) is 16.0. The van der Waals surface area contributed by atoms with Gasteiger partial charge in [-0.05, 0) is 24.6 Å².